The van der Waals surface area contributed by atoms with E-state index < -0.39 is 6.10 Å². The Morgan fingerprint density at radius 2 is 2.42 bits per heavy atom. The van der Waals surface area contributed by atoms with Gasteiger partial charge in [0, 0.05) is 35.3 Å². The molecule has 0 bridgehead atoms. The van der Waals surface area contributed by atoms with Crippen LogP contribution in [-0.4, -0.2) is 22.1 Å². The first-order chi connectivity index (χ1) is 9.08. The number of carbonyl (C=O) groups is 1. The number of aryl methyl sites for hydroxylation is 1. The highest BCUT2D eigenvalue weighted by Gasteiger charge is 2.12. The normalized spacial score (nSPS) is 12.4. The monoisotopic (exact) mass is 342 g/mol. The van der Waals surface area contributed by atoms with E-state index in [2.05, 4.69) is 21.2 Å². The minimum absolute atomic E-state index is 0.102. The van der Waals surface area contributed by atoms with Crippen LogP contribution in [0.2, 0.25) is 0 Å². The second-order valence-corrected chi connectivity index (χ2v) is 6.06. The Balaban J connectivity index is 1.81. The summed E-state index contributed by atoms with van der Waals surface area (Å²) in [5.74, 6) is -0.102. The van der Waals surface area contributed by atoms with Crippen LogP contribution in [0.4, 0.5) is 0 Å². The van der Waals surface area contributed by atoms with Crippen LogP contribution in [-0.2, 0) is 7.05 Å². The van der Waals surface area contributed by atoms with Crippen LogP contribution < -0.4 is 5.32 Å². The second-order valence-electron chi connectivity index (χ2n) is 4.23. The number of aliphatic hydroxyl groups is 1. The first-order valence-electron chi connectivity index (χ1n) is 5.89. The number of hydrogen-bond acceptors (Lipinski definition) is 3. The number of aromatic nitrogens is 1. The molecular weight excluding hydrogens is 328 g/mol. The number of rotatable bonds is 5. The third-order valence-electron chi connectivity index (χ3n) is 2.82. The average Bonchev–Trinajstić information content (AvgIpc) is 2.97. The molecule has 102 valence electrons. The fourth-order valence-corrected chi connectivity index (χ4v) is 3.15. The van der Waals surface area contributed by atoms with E-state index in [1.807, 2.05) is 35.3 Å². The summed E-state index contributed by atoms with van der Waals surface area (Å²) in [5, 5.41) is 14.7. The minimum Gasteiger partial charge on any atom is -0.387 e. The Morgan fingerprint density at radius 1 is 1.63 bits per heavy atom. The quantitative estimate of drug-likeness (QED) is 0.877. The van der Waals surface area contributed by atoms with Crippen LogP contribution in [0.15, 0.2) is 34.2 Å². The number of halogens is 1. The predicted octanol–water partition coefficient (Wildman–Crippen LogP) is 2.70. The lowest BCUT2D eigenvalue weighted by molar-refractivity contribution is 0.0945. The Hall–Kier alpha value is -1.11. The summed E-state index contributed by atoms with van der Waals surface area (Å²) in [6, 6.07) is 5.55. The molecule has 0 aliphatic carbocycles. The molecule has 0 radical (unpaired) electrons. The zero-order valence-corrected chi connectivity index (χ0v) is 12.9. The molecule has 2 N–H and O–H groups in total. The highest BCUT2D eigenvalue weighted by Crippen LogP contribution is 2.20. The molecule has 0 aromatic carbocycles. The predicted molar refractivity (Wildman–Crippen MR) is 79.3 cm³/mol. The van der Waals surface area contributed by atoms with Gasteiger partial charge in [0.05, 0.1) is 11.0 Å². The SMILES string of the molecule is Cn1cccc1[C@H](O)CCNC(=O)c1cc(Br)cs1. The van der Waals surface area contributed by atoms with Crippen LogP contribution in [0.3, 0.4) is 0 Å². The molecule has 1 atom stereocenters. The topological polar surface area (TPSA) is 54.3 Å². The molecule has 0 saturated carbocycles. The van der Waals surface area contributed by atoms with Crippen LogP contribution in [0.5, 0.6) is 0 Å². The molecule has 4 nitrogen and oxygen atoms in total. The molecule has 6 heteroatoms. The van der Waals surface area contributed by atoms with Crippen LogP contribution in [0, 0.1) is 0 Å². The molecule has 0 aliphatic heterocycles. The minimum atomic E-state index is -0.560. The lowest BCUT2D eigenvalue weighted by atomic mass is 10.2. The average molecular weight is 343 g/mol. The van der Waals surface area contributed by atoms with Gasteiger partial charge in [0.15, 0.2) is 0 Å². The summed E-state index contributed by atoms with van der Waals surface area (Å²) in [6.07, 6.45) is 1.83. The van der Waals surface area contributed by atoms with Crippen molar-refractivity contribution in [2.45, 2.75) is 12.5 Å². The fourth-order valence-electron chi connectivity index (χ4n) is 1.81. The summed E-state index contributed by atoms with van der Waals surface area (Å²) >= 11 is 4.70. The Morgan fingerprint density at radius 3 is 3.00 bits per heavy atom. The molecule has 2 aromatic rings. The third-order valence-corrected chi connectivity index (χ3v) is 4.51. The summed E-state index contributed by atoms with van der Waals surface area (Å²) in [6.45, 7) is 0.445. The van der Waals surface area contributed by atoms with Gasteiger partial charge in [-0.25, -0.2) is 0 Å². The van der Waals surface area contributed by atoms with E-state index in [4.69, 9.17) is 0 Å². The van der Waals surface area contributed by atoms with Gasteiger partial charge in [-0.1, -0.05) is 0 Å². The lowest BCUT2D eigenvalue weighted by Gasteiger charge is -2.12. The maximum atomic E-state index is 11.8. The standard InChI is InChI=1S/C13H15BrN2O2S/c1-16-6-2-3-10(16)11(17)4-5-15-13(18)12-7-9(14)8-19-12/h2-3,6-8,11,17H,4-5H2,1H3,(H,15,18)/t11-/m1/s1. The smallest absolute Gasteiger partial charge is 0.261 e. The third kappa shape index (κ3) is 3.68. The van der Waals surface area contributed by atoms with E-state index in [-0.39, 0.29) is 5.91 Å². The first-order valence-corrected chi connectivity index (χ1v) is 7.56. The molecular formula is C13H15BrN2O2S. The second kappa shape index (κ2) is 6.36. The van der Waals surface area contributed by atoms with Crippen molar-refractivity contribution in [3.8, 4) is 0 Å². The van der Waals surface area contributed by atoms with Crippen molar-refractivity contribution in [1.82, 2.24) is 9.88 Å². The number of aliphatic hydroxyl groups excluding tert-OH is 1. The van der Waals surface area contributed by atoms with Gasteiger partial charge in [-0.05, 0) is 40.5 Å². The summed E-state index contributed by atoms with van der Waals surface area (Å²) in [4.78, 5) is 12.5. The molecule has 19 heavy (non-hydrogen) atoms. The zero-order chi connectivity index (χ0) is 13.8. The molecule has 1 amide bonds. The van der Waals surface area contributed by atoms with Crippen molar-refractivity contribution in [3.63, 3.8) is 0 Å². The van der Waals surface area contributed by atoms with Gasteiger partial charge in [0.1, 0.15) is 0 Å². The number of amides is 1. The maximum absolute atomic E-state index is 11.8. The van der Waals surface area contributed by atoms with Crippen LogP contribution in [0.25, 0.3) is 0 Å². The maximum Gasteiger partial charge on any atom is 0.261 e. The van der Waals surface area contributed by atoms with Crippen molar-refractivity contribution in [3.05, 3.63) is 44.8 Å². The van der Waals surface area contributed by atoms with E-state index in [0.29, 0.717) is 17.8 Å². The van der Waals surface area contributed by atoms with Crippen molar-refractivity contribution < 1.29 is 9.90 Å². The molecule has 2 aromatic heterocycles. The molecule has 2 rings (SSSR count). The van der Waals surface area contributed by atoms with E-state index in [1.54, 1.807) is 6.07 Å². The van der Waals surface area contributed by atoms with Crippen molar-refractivity contribution in [2.75, 3.05) is 6.54 Å². The highest BCUT2D eigenvalue weighted by atomic mass is 79.9. The Bertz CT molecular complexity index is 564. The van der Waals surface area contributed by atoms with Gasteiger partial charge in [0.2, 0.25) is 0 Å². The number of nitrogens with zero attached hydrogens (tertiary/aromatic N) is 1. The Kier molecular flexibility index (Phi) is 4.79. The van der Waals surface area contributed by atoms with Crippen LogP contribution >= 0.6 is 27.3 Å². The van der Waals surface area contributed by atoms with Gasteiger partial charge in [-0.2, -0.15) is 0 Å². The Labute approximate surface area is 124 Å². The van der Waals surface area contributed by atoms with Crippen molar-refractivity contribution >= 4 is 33.2 Å². The van der Waals surface area contributed by atoms with Crippen LogP contribution in [0.1, 0.15) is 27.9 Å². The van der Waals surface area contributed by atoms with Crippen molar-refractivity contribution in [1.29, 1.82) is 0 Å². The zero-order valence-electron chi connectivity index (χ0n) is 10.5. The number of hydrogen-bond donors (Lipinski definition) is 2. The molecule has 0 fully saturated rings. The number of thiophene rings is 1. The highest BCUT2D eigenvalue weighted by molar-refractivity contribution is 9.10. The summed E-state index contributed by atoms with van der Waals surface area (Å²) in [7, 11) is 1.89. The molecule has 0 saturated heterocycles. The van der Waals surface area contributed by atoms with Gasteiger partial charge >= 0.3 is 0 Å². The molecule has 0 aliphatic rings. The van der Waals surface area contributed by atoms with Gasteiger partial charge in [-0.15, -0.1) is 11.3 Å². The van der Waals surface area contributed by atoms with E-state index in [1.165, 1.54) is 11.3 Å². The van der Waals surface area contributed by atoms with Gasteiger partial charge < -0.3 is 15.0 Å². The number of carbonyl (C=O) groups excluding carboxylic acids is 1. The fraction of sp³-hybridized carbons (Fsp3) is 0.308. The molecule has 0 unspecified atom stereocenters. The molecule has 2 heterocycles. The number of nitrogens with one attached hydrogen (secondary N) is 1. The van der Waals surface area contributed by atoms with Crippen molar-refractivity contribution in [2.24, 2.45) is 7.05 Å². The van der Waals surface area contributed by atoms with Gasteiger partial charge in [0.25, 0.3) is 5.91 Å². The van der Waals surface area contributed by atoms with Gasteiger partial charge in [-0.3, -0.25) is 4.79 Å². The molecule has 0 spiro atoms. The lowest BCUT2D eigenvalue weighted by Crippen LogP contribution is -2.25. The van der Waals surface area contributed by atoms with E-state index >= 15 is 0 Å². The van der Waals surface area contributed by atoms with E-state index in [0.717, 1.165) is 10.2 Å². The largest absolute Gasteiger partial charge is 0.387 e. The summed E-state index contributed by atoms with van der Waals surface area (Å²) in [5.41, 5.74) is 0.855. The first kappa shape index (κ1) is 14.3. The summed E-state index contributed by atoms with van der Waals surface area (Å²) < 4.78 is 2.79. The van der Waals surface area contributed by atoms with E-state index in [9.17, 15) is 9.90 Å².